The lowest BCUT2D eigenvalue weighted by atomic mass is 10.1. The molecule has 0 saturated carbocycles. The summed E-state index contributed by atoms with van der Waals surface area (Å²) in [4.78, 5) is 49.9. The van der Waals surface area contributed by atoms with Crippen molar-refractivity contribution in [1.82, 2.24) is 0 Å². The summed E-state index contributed by atoms with van der Waals surface area (Å²) in [6.07, 6.45) is 38.8. The molecular formula is C47H85NO8. The van der Waals surface area contributed by atoms with Gasteiger partial charge in [-0.1, -0.05) is 141 Å². The molecule has 9 heteroatoms. The fourth-order valence-electron chi connectivity index (χ4n) is 6.23. The lowest BCUT2D eigenvalue weighted by Gasteiger charge is -2.21. The maximum Gasteiger partial charge on any atom is 0.323 e. The summed E-state index contributed by atoms with van der Waals surface area (Å²) >= 11 is 0. The standard InChI is InChI=1S/C47H85NO8/c1-6-8-10-12-14-16-18-20-22-24-26-28-30-32-34-36-43(49)53-39-41(40-54-46(52)42(48)38-45(51)56-47(3,4)5)55-44(50)37-35-33-31-29-27-25-23-21-19-17-15-13-11-9-7-2/h20-23,41-42H,6-19,24-40,48H2,1-5H3/b22-20-,23-21-/t41?,42-/m0/s1. The molecule has 0 aromatic carbocycles. The van der Waals surface area contributed by atoms with E-state index in [-0.39, 0.29) is 38.4 Å². The molecule has 2 N–H and O–H groups in total. The fourth-order valence-corrected chi connectivity index (χ4v) is 6.23. The number of ether oxygens (including phenoxy) is 4. The number of esters is 4. The van der Waals surface area contributed by atoms with Crippen LogP contribution in [0.15, 0.2) is 24.3 Å². The number of hydrogen-bond acceptors (Lipinski definition) is 9. The highest BCUT2D eigenvalue weighted by Crippen LogP contribution is 2.14. The predicted octanol–water partition coefficient (Wildman–Crippen LogP) is 12.1. The highest BCUT2D eigenvalue weighted by molar-refractivity contribution is 5.82. The summed E-state index contributed by atoms with van der Waals surface area (Å²) < 4.78 is 21.6. The molecule has 0 saturated heterocycles. The smallest absolute Gasteiger partial charge is 0.323 e. The van der Waals surface area contributed by atoms with Gasteiger partial charge in [0.05, 0.1) is 6.42 Å². The number of rotatable bonds is 38. The van der Waals surface area contributed by atoms with Crippen LogP contribution in [0.2, 0.25) is 0 Å². The van der Waals surface area contributed by atoms with Gasteiger partial charge in [0.2, 0.25) is 0 Å². The molecule has 0 aliphatic rings. The van der Waals surface area contributed by atoms with Crippen LogP contribution in [0.1, 0.15) is 221 Å². The predicted molar refractivity (Wildman–Crippen MR) is 229 cm³/mol. The Hall–Kier alpha value is -2.68. The highest BCUT2D eigenvalue weighted by Gasteiger charge is 2.26. The summed E-state index contributed by atoms with van der Waals surface area (Å²) in [6, 6.07) is -1.24. The van der Waals surface area contributed by atoms with E-state index in [9.17, 15) is 19.2 Å². The van der Waals surface area contributed by atoms with Crippen molar-refractivity contribution >= 4 is 23.9 Å². The minimum absolute atomic E-state index is 0.226. The highest BCUT2D eigenvalue weighted by atomic mass is 16.6. The first kappa shape index (κ1) is 53.3. The van der Waals surface area contributed by atoms with Crippen LogP contribution < -0.4 is 5.73 Å². The zero-order valence-electron chi connectivity index (χ0n) is 36.7. The molecular weight excluding hydrogens is 707 g/mol. The quantitative estimate of drug-likeness (QED) is 0.0281. The molecule has 0 fully saturated rings. The molecule has 0 heterocycles. The Labute approximate surface area is 343 Å². The second kappa shape index (κ2) is 37.9. The van der Waals surface area contributed by atoms with Crippen LogP contribution in [0.3, 0.4) is 0 Å². The van der Waals surface area contributed by atoms with Crippen molar-refractivity contribution in [3.8, 4) is 0 Å². The van der Waals surface area contributed by atoms with Crippen molar-refractivity contribution in [2.45, 2.75) is 239 Å². The van der Waals surface area contributed by atoms with Gasteiger partial charge in [0.25, 0.3) is 0 Å². The molecule has 0 bridgehead atoms. The number of carbonyl (C=O) groups excluding carboxylic acids is 4. The topological polar surface area (TPSA) is 131 Å². The number of nitrogens with two attached hydrogens (primary N) is 1. The summed E-state index contributed by atoms with van der Waals surface area (Å²) in [7, 11) is 0. The van der Waals surface area contributed by atoms with Crippen molar-refractivity contribution in [3.63, 3.8) is 0 Å². The van der Waals surface area contributed by atoms with Crippen molar-refractivity contribution in [1.29, 1.82) is 0 Å². The van der Waals surface area contributed by atoms with E-state index in [1.54, 1.807) is 20.8 Å². The first-order chi connectivity index (χ1) is 27.0. The molecule has 0 spiro atoms. The van der Waals surface area contributed by atoms with Crippen LogP contribution in [0, 0.1) is 0 Å². The molecule has 0 radical (unpaired) electrons. The number of carbonyl (C=O) groups is 4. The summed E-state index contributed by atoms with van der Waals surface area (Å²) in [5, 5.41) is 0. The zero-order chi connectivity index (χ0) is 41.5. The first-order valence-corrected chi connectivity index (χ1v) is 22.8. The van der Waals surface area contributed by atoms with Gasteiger partial charge in [0.15, 0.2) is 6.10 Å². The molecule has 9 nitrogen and oxygen atoms in total. The summed E-state index contributed by atoms with van der Waals surface area (Å²) in [6.45, 7) is 9.11. The van der Waals surface area contributed by atoms with E-state index in [2.05, 4.69) is 38.2 Å². The van der Waals surface area contributed by atoms with E-state index in [1.165, 1.54) is 89.9 Å². The number of unbranched alkanes of at least 4 members (excludes halogenated alkanes) is 22. The van der Waals surface area contributed by atoms with Crippen LogP contribution in [0.4, 0.5) is 0 Å². The van der Waals surface area contributed by atoms with Crippen LogP contribution in [-0.4, -0.2) is 54.8 Å². The molecule has 0 aliphatic carbocycles. The van der Waals surface area contributed by atoms with Gasteiger partial charge in [0.1, 0.15) is 24.9 Å². The second-order valence-electron chi connectivity index (χ2n) is 16.5. The normalized spacial score (nSPS) is 12.9. The van der Waals surface area contributed by atoms with Gasteiger partial charge in [-0.2, -0.15) is 0 Å². The second-order valence-corrected chi connectivity index (χ2v) is 16.5. The lowest BCUT2D eigenvalue weighted by Crippen LogP contribution is -2.39. The summed E-state index contributed by atoms with van der Waals surface area (Å²) in [5.41, 5.74) is 5.18. The molecule has 56 heavy (non-hydrogen) atoms. The monoisotopic (exact) mass is 792 g/mol. The molecule has 0 aromatic rings. The Bertz CT molecular complexity index is 1030. The molecule has 0 rings (SSSR count). The van der Waals surface area contributed by atoms with E-state index in [0.717, 1.165) is 70.6 Å². The van der Waals surface area contributed by atoms with Crippen molar-refractivity contribution in [2.75, 3.05) is 13.2 Å². The lowest BCUT2D eigenvalue weighted by molar-refractivity contribution is -0.168. The van der Waals surface area contributed by atoms with Crippen molar-refractivity contribution in [2.24, 2.45) is 5.73 Å². The van der Waals surface area contributed by atoms with E-state index < -0.39 is 35.7 Å². The van der Waals surface area contributed by atoms with Crippen molar-refractivity contribution < 1.29 is 38.1 Å². The third-order valence-electron chi connectivity index (χ3n) is 9.53. The molecule has 326 valence electrons. The molecule has 0 aliphatic heterocycles. The van der Waals surface area contributed by atoms with Crippen LogP contribution in [0.25, 0.3) is 0 Å². The Morgan fingerprint density at radius 3 is 1.30 bits per heavy atom. The first-order valence-electron chi connectivity index (χ1n) is 22.8. The Morgan fingerprint density at radius 1 is 0.500 bits per heavy atom. The molecule has 0 aromatic heterocycles. The minimum atomic E-state index is -1.24. The average molecular weight is 792 g/mol. The van der Waals surface area contributed by atoms with Gasteiger partial charge >= 0.3 is 23.9 Å². The maximum absolute atomic E-state index is 12.7. The number of allylic oxidation sites excluding steroid dienone is 4. The minimum Gasteiger partial charge on any atom is -0.462 e. The van der Waals surface area contributed by atoms with Gasteiger partial charge in [-0.15, -0.1) is 0 Å². The van der Waals surface area contributed by atoms with E-state index >= 15 is 0 Å². The zero-order valence-corrected chi connectivity index (χ0v) is 36.7. The SMILES string of the molecule is CCCCCCCC/C=C\CCCCCCCC(=O)OCC(COC(=O)[C@@H](N)CC(=O)OC(C)(C)C)OC(=O)CCCCCCC/C=C\CCCCCCCC. The van der Waals surface area contributed by atoms with Gasteiger partial charge in [-0.25, -0.2) is 0 Å². The molecule has 1 unspecified atom stereocenters. The van der Waals surface area contributed by atoms with E-state index in [4.69, 9.17) is 24.7 Å². The van der Waals surface area contributed by atoms with Crippen molar-refractivity contribution in [3.05, 3.63) is 24.3 Å². The van der Waals surface area contributed by atoms with Gasteiger partial charge < -0.3 is 24.7 Å². The van der Waals surface area contributed by atoms with Crippen LogP contribution in [-0.2, 0) is 38.1 Å². The van der Waals surface area contributed by atoms with Crippen LogP contribution in [0.5, 0.6) is 0 Å². The molecule has 2 atom stereocenters. The van der Waals surface area contributed by atoms with E-state index in [0.29, 0.717) is 6.42 Å². The Kier molecular flexibility index (Phi) is 36.1. The summed E-state index contributed by atoms with van der Waals surface area (Å²) in [5.74, 6) is -2.26. The van der Waals surface area contributed by atoms with Crippen LogP contribution >= 0.6 is 0 Å². The van der Waals surface area contributed by atoms with Gasteiger partial charge in [-0.05, 0) is 85.0 Å². The third kappa shape index (κ3) is 38.2. The maximum atomic E-state index is 12.7. The number of hydrogen-bond donors (Lipinski definition) is 1. The Morgan fingerprint density at radius 2 is 0.875 bits per heavy atom. The average Bonchev–Trinajstić information content (AvgIpc) is 3.14. The largest absolute Gasteiger partial charge is 0.462 e. The molecule has 0 amide bonds. The van der Waals surface area contributed by atoms with Gasteiger partial charge in [-0.3, -0.25) is 19.2 Å². The Balaban J connectivity index is 4.49. The third-order valence-corrected chi connectivity index (χ3v) is 9.53. The fraction of sp³-hybridized carbons (Fsp3) is 0.830. The van der Waals surface area contributed by atoms with E-state index in [1.807, 2.05) is 0 Å². The van der Waals surface area contributed by atoms with Gasteiger partial charge in [0, 0.05) is 12.8 Å².